The topological polar surface area (TPSA) is 38.9 Å². The third-order valence-electron chi connectivity index (χ3n) is 2.49. The number of hydrogen-bond donors (Lipinski definition) is 1. The van der Waals surface area contributed by atoms with Crippen LogP contribution in [0.3, 0.4) is 0 Å². The summed E-state index contributed by atoms with van der Waals surface area (Å²) in [6, 6.07) is 10.2. The second kappa shape index (κ2) is 4.86. The Morgan fingerprint density at radius 1 is 1.00 bits per heavy atom. The van der Waals surface area contributed by atoms with Gasteiger partial charge < -0.3 is 5.73 Å². The van der Waals surface area contributed by atoms with Crippen LogP contribution in [0.2, 0.25) is 0 Å². The molecule has 0 spiro atoms. The zero-order valence-electron chi connectivity index (χ0n) is 8.68. The van der Waals surface area contributed by atoms with Gasteiger partial charge in [-0.05, 0) is 35.4 Å². The third kappa shape index (κ3) is 2.25. The zero-order valence-corrected chi connectivity index (χ0v) is 8.68. The van der Waals surface area contributed by atoms with Crippen LogP contribution < -0.4 is 5.73 Å². The number of aromatic nitrogens is 1. The fourth-order valence-electron chi connectivity index (χ4n) is 1.66. The molecule has 81 valence electrons. The van der Waals surface area contributed by atoms with Gasteiger partial charge in [-0.15, -0.1) is 0 Å². The van der Waals surface area contributed by atoms with Crippen LogP contribution in [0.15, 0.2) is 48.8 Å². The summed E-state index contributed by atoms with van der Waals surface area (Å²) in [5.41, 5.74) is 7.65. The molecule has 2 rings (SSSR count). The Balaban J connectivity index is 2.33. The molecule has 0 aliphatic heterocycles. The largest absolute Gasteiger partial charge is 0.326 e. The Morgan fingerprint density at radius 3 is 2.12 bits per heavy atom. The second-order valence-electron chi connectivity index (χ2n) is 3.50. The van der Waals surface area contributed by atoms with Gasteiger partial charge in [0.1, 0.15) is 5.82 Å². The number of rotatable bonds is 3. The van der Waals surface area contributed by atoms with Crippen LogP contribution in [0.1, 0.15) is 17.0 Å². The first-order valence-corrected chi connectivity index (χ1v) is 5.01. The van der Waals surface area contributed by atoms with E-state index in [4.69, 9.17) is 5.73 Å². The number of hydrogen-bond acceptors (Lipinski definition) is 2. The maximum atomic E-state index is 12.8. The quantitative estimate of drug-likeness (QED) is 0.854. The van der Waals surface area contributed by atoms with E-state index in [1.807, 2.05) is 12.1 Å². The fourth-order valence-corrected chi connectivity index (χ4v) is 1.66. The highest BCUT2D eigenvalue weighted by atomic mass is 19.1. The van der Waals surface area contributed by atoms with E-state index in [1.54, 1.807) is 31.1 Å². The van der Waals surface area contributed by atoms with E-state index in [2.05, 4.69) is 4.98 Å². The Hall–Kier alpha value is -1.74. The number of benzene rings is 1. The highest BCUT2D eigenvalue weighted by molar-refractivity contribution is 5.33. The molecular weight excluding hydrogens is 203 g/mol. The summed E-state index contributed by atoms with van der Waals surface area (Å²) >= 11 is 0. The molecule has 1 heterocycles. The van der Waals surface area contributed by atoms with Crippen LogP contribution in [-0.4, -0.2) is 4.98 Å². The Labute approximate surface area is 93.9 Å². The molecule has 16 heavy (non-hydrogen) atoms. The standard InChI is InChI=1S/C13H12FN2/c14-12-3-1-10(2-4-12)13(9-15)11-5-7-16-8-6-11/h1-9,13H,15H2. The van der Waals surface area contributed by atoms with Gasteiger partial charge >= 0.3 is 0 Å². The first-order chi connectivity index (χ1) is 7.81. The van der Waals surface area contributed by atoms with E-state index >= 15 is 0 Å². The lowest BCUT2D eigenvalue weighted by Crippen LogP contribution is -2.07. The van der Waals surface area contributed by atoms with Crippen molar-refractivity contribution in [3.8, 4) is 0 Å². The van der Waals surface area contributed by atoms with E-state index in [9.17, 15) is 4.39 Å². The number of nitrogens with two attached hydrogens (primary N) is 1. The third-order valence-corrected chi connectivity index (χ3v) is 2.49. The summed E-state index contributed by atoms with van der Waals surface area (Å²) < 4.78 is 12.8. The highest BCUT2D eigenvalue weighted by Crippen LogP contribution is 2.24. The summed E-state index contributed by atoms with van der Waals surface area (Å²) in [6.45, 7) is 1.60. The van der Waals surface area contributed by atoms with Gasteiger partial charge in [0.15, 0.2) is 0 Å². The summed E-state index contributed by atoms with van der Waals surface area (Å²) in [7, 11) is 0. The van der Waals surface area contributed by atoms with E-state index in [0.717, 1.165) is 11.1 Å². The van der Waals surface area contributed by atoms with E-state index in [-0.39, 0.29) is 11.7 Å². The average Bonchev–Trinajstić information content (AvgIpc) is 2.34. The van der Waals surface area contributed by atoms with Crippen LogP contribution in [0, 0.1) is 12.4 Å². The molecule has 1 aromatic carbocycles. The van der Waals surface area contributed by atoms with Crippen molar-refractivity contribution in [1.82, 2.24) is 4.98 Å². The second-order valence-corrected chi connectivity index (χ2v) is 3.50. The van der Waals surface area contributed by atoms with Crippen molar-refractivity contribution in [2.75, 3.05) is 0 Å². The molecule has 0 saturated carbocycles. The van der Waals surface area contributed by atoms with Crippen molar-refractivity contribution >= 4 is 0 Å². The molecule has 1 aromatic heterocycles. The Bertz CT molecular complexity index is 439. The lowest BCUT2D eigenvalue weighted by Gasteiger charge is -2.14. The smallest absolute Gasteiger partial charge is 0.123 e. The molecule has 1 unspecified atom stereocenters. The normalized spacial score (nSPS) is 12.4. The number of halogens is 1. The molecule has 0 amide bonds. The van der Waals surface area contributed by atoms with Crippen molar-refractivity contribution in [2.24, 2.45) is 5.73 Å². The molecule has 1 atom stereocenters. The molecule has 1 radical (unpaired) electrons. The minimum absolute atomic E-state index is 0.0244. The molecule has 0 aliphatic carbocycles. The molecule has 2 N–H and O–H groups in total. The summed E-state index contributed by atoms with van der Waals surface area (Å²) in [4.78, 5) is 3.96. The molecule has 0 bridgehead atoms. The lowest BCUT2D eigenvalue weighted by atomic mass is 9.92. The molecular formula is C13H12FN2. The first kappa shape index (κ1) is 10.8. The highest BCUT2D eigenvalue weighted by Gasteiger charge is 2.12. The number of nitrogens with zero attached hydrogens (tertiary/aromatic N) is 1. The van der Waals surface area contributed by atoms with Crippen LogP contribution in [0.4, 0.5) is 4.39 Å². The maximum Gasteiger partial charge on any atom is 0.123 e. The molecule has 0 saturated heterocycles. The Kier molecular flexibility index (Phi) is 3.27. The van der Waals surface area contributed by atoms with Crippen molar-refractivity contribution in [3.05, 3.63) is 72.3 Å². The van der Waals surface area contributed by atoms with Gasteiger partial charge in [0, 0.05) is 24.9 Å². The molecule has 0 fully saturated rings. The zero-order chi connectivity index (χ0) is 11.4. The van der Waals surface area contributed by atoms with Gasteiger partial charge in [0.25, 0.3) is 0 Å². The van der Waals surface area contributed by atoms with Crippen LogP contribution >= 0.6 is 0 Å². The molecule has 0 aliphatic rings. The SMILES string of the molecule is N[CH]C(c1ccncc1)c1ccc(F)cc1. The summed E-state index contributed by atoms with van der Waals surface area (Å²) in [6.07, 6.45) is 3.44. The summed E-state index contributed by atoms with van der Waals surface area (Å²) in [5.74, 6) is -0.266. The van der Waals surface area contributed by atoms with Gasteiger partial charge in [0.05, 0.1) is 0 Å². The van der Waals surface area contributed by atoms with Gasteiger partial charge in [0.2, 0.25) is 0 Å². The van der Waals surface area contributed by atoms with Crippen LogP contribution in [-0.2, 0) is 0 Å². The predicted octanol–water partition coefficient (Wildman–Crippen LogP) is 2.47. The fraction of sp³-hybridized carbons (Fsp3) is 0.0769. The molecule has 3 heteroatoms. The number of pyridine rings is 1. The Morgan fingerprint density at radius 2 is 1.56 bits per heavy atom. The van der Waals surface area contributed by atoms with Gasteiger partial charge in [-0.25, -0.2) is 4.39 Å². The van der Waals surface area contributed by atoms with Gasteiger partial charge in [-0.2, -0.15) is 0 Å². The minimum Gasteiger partial charge on any atom is -0.326 e. The van der Waals surface area contributed by atoms with Crippen LogP contribution in [0.25, 0.3) is 0 Å². The van der Waals surface area contributed by atoms with Crippen molar-refractivity contribution in [3.63, 3.8) is 0 Å². The van der Waals surface area contributed by atoms with E-state index < -0.39 is 0 Å². The van der Waals surface area contributed by atoms with Crippen LogP contribution in [0.5, 0.6) is 0 Å². The predicted molar refractivity (Wildman–Crippen MR) is 61.0 cm³/mol. The lowest BCUT2D eigenvalue weighted by molar-refractivity contribution is 0.626. The van der Waals surface area contributed by atoms with Gasteiger partial charge in [-0.3, -0.25) is 4.98 Å². The van der Waals surface area contributed by atoms with Gasteiger partial charge in [-0.1, -0.05) is 12.1 Å². The van der Waals surface area contributed by atoms with E-state index in [0.29, 0.717) is 0 Å². The van der Waals surface area contributed by atoms with Crippen molar-refractivity contribution in [2.45, 2.75) is 5.92 Å². The molecule has 2 aromatic rings. The van der Waals surface area contributed by atoms with Crippen molar-refractivity contribution in [1.29, 1.82) is 0 Å². The molecule has 2 nitrogen and oxygen atoms in total. The summed E-state index contributed by atoms with van der Waals surface area (Å²) in [5, 5.41) is 0. The maximum absolute atomic E-state index is 12.8. The monoisotopic (exact) mass is 215 g/mol. The first-order valence-electron chi connectivity index (χ1n) is 5.01. The average molecular weight is 215 g/mol. The van der Waals surface area contributed by atoms with E-state index in [1.165, 1.54) is 12.1 Å². The minimum atomic E-state index is -0.241. The van der Waals surface area contributed by atoms with Crippen molar-refractivity contribution < 1.29 is 4.39 Å².